The van der Waals surface area contributed by atoms with Gasteiger partial charge in [-0.2, -0.15) is 21.6 Å². The second-order valence-corrected chi connectivity index (χ2v) is 9.15. The van der Waals surface area contributed by atoms with Crippen LogP contribution < -0.4 is 4.18 Å². The standard InChI is InChI=1S/C25H19F3N2O3S/c1-16-13-20(14-17(2)23(16)33-34(31,32)25(26,27)28)22-15-21(18-9-5-3-6-10-18)29-24(30-22)19-11-7-4-8-12-19/h3-15H,1-2H3. The summed E-state index contributed by atoms with van der Waals surface area (Å²) in [5.41, 5.74) is -1.62. The summed E-state index contributed by atoms with van der Waals surface area (Å²) >= 11 is 0. The molecule has 4 rings (SSSR count). The van der Waals surface area contributed by atoms with E-state index in [0.29, 0.717) is 22.8 Å². The Balaban J connectivity index is 1.84. The Bertz CT molecular complexity index is 1360. The first-order chi connectivity index (χ1) is 16.0. The Kier molecular flexibility index (Phi) is 6.14. The van der Waals surface area contributed by atoms with Crippen LogP contribution in [0.2, 0.25) is 0 Å². The molecule has 0 aliphatic rings. The van der Waals surface area contributed by atoms with Crippen LogP contribution in [0.1, 0.15) is 11.1 Å². The number of hydrogen-bond donors (Lipinski definition) is 0. The number of alkyl halides is 3. The van der Waals surface area contributed by atoms with Crippen LogP contribution in [-0.2, 0) is 10.1 Å². The summed E-state index contributed by atoms with van der Waals surface area (Å²) in [6.45, 7) is 2.96. The number of hydrogen-bond acceptors (Lipinski definition) is 5. The minimum Gasteiger partial charge on any atom is -0.375 e. The molecule has 0 spiro atoms. The average molecular weight is 484 g/mol. The van der Waals surface area contributed by atoms with Crippen molar-refractivity contribution in [3.8, 4) is 39.7 Å². The van der Waals surface area contributed by atoms with Gasteiger partial charge in [-0.05, 0) is 43.2 Å². The molecule has 0 aliphatic heterocycles. The van der Waals surface area contributed by atoms with Crippen LogP contribution in [0.15, 0.2) is 78.9 Å². The molecule has 9 heteroatoms. The Hall–Kier alpha value is -3.72. The number of nitrogens with zero attached hydrogens (tertiary/aromatic N) is 2. The van der Waals surface area contributed by atoms with Crippen molar-refractivity contribution in [3.05, 3.63) is 90.0 Å². The van der Waals surface area contributed by atoms with Crippen LogP contribution in [-0.4, -0.2) is 23.9 Å². The van der Waals surface area contributed by atoms with Crippen LogP contribution in [0.5, 0.6) is 5.75 Å². The smallest absolute Gasteiger partial charge is 0.375 e. The van der Waals surface area contributed by atoms with Crippen molar-refractivity contribution in [1.82, 2.24) is 9.97 Å². The fraction of sp³-hybridized carbons (Fsp3) is 0.120. The van der Waals surface area contributed by atoms with Crippen LogP contribution in [0, 0.1) is 13.8 Å². The first kappa shape index (κ1) is 23.4. The fourth-order valence-corrected chi connectivity index (χ4v) is 4.03. The van der Waals surface area contributed by atoms with E-state index in [9.17, 15) is 21.6 Å². The SMILES string of the molecule is Cc1cc(-c2cc(-c3ccccc3)nc(-c3ccccc3)n2)cc(C)c1OS(=O)(=O)C(F)(F)F. The molecule has 0 fully saturated rings. The monoisotopic (exact) mass is 484 g/mol. The summed E-state index contributed by atoms with van der Waals surface area (Å²) in [4.78, 5) is 9.37. The second kappa shape index (κ2) is 8.90. The molecule has 174 valence electrons. The Morgan fingerprint density at radius 1 is 0.706 bits per heavy atom. The summed E-state index contributed by atoms with van der Waals surface area (Å²) in [7, 11) is -5.78. The second-order valence-electron chi connectivity index (χ2n) is 7.62. The van der Waals surface area contributed by atoms with E-state index < -0.39 is 15.6 Å². The molecule has 0 bridgehead atoms. The molecule has 0 unspecified atom stereocenters. The molecule has 0 amide bonds. The molecular weight excluding hydrogens is 465 g/mol. The summed E-state index contributed by atoms with van der Waals surface area (Å²) < 4.78 is 65.9. The van der Waals surface area contributed by atoms with Crippen LogP contribution in [0.4, 0.5) is 13.2 Å². The zero-order valence-corrected chi connectivity index (χ0v) is 19.0. The summed E-state index contributed by atoms with van der Waals surface area (Å²) in [6, 6.07) is 23.7. The van der Waals surface area contributed by atoms with Gasteiger partial charge >= 0.3 is 15.6 Å². The van der Waals surface area contributed by atoms with Gasteiger partial charge in [-0.1, -0.05) is 60.7 Å². The average Bonchev–Trinajstić information content (AvgIpc) is 2.81. The van der Waals surface area contributed by atoms with Crippen molar-refractivity contribution >= 4 is 10.1 Å². The quantitative estimate of drug-likeness (QED) is 0.245. The van der Waals surface area contributed by atoms with Gasteiger partial charge < -0.3 is 4.18 Å². The first-order valence-corrected chi connectivity index (χ1v) is 11.6. The van der Waals surface area contributed by atoms with E-state index in [4.69, 9.17) is 4.98 Å². The normalized spacial score (nSPS) is 11.9. The maximum Gasteiger partial charge on any atom is 0.534 e. The van der Waals surface area contributed by atoms with E-state index in [-0.39, 0.29) is 16.9 Å². The van der Waals surface area contributed by atoms with Crippen molar-refractivity contribution in [3.63, 3.8) is 0 Å². The highest BCUT2D eigenvalue weighted by Gasteiger charge is 2.48. The van der Waals surface area contributed by atoms with Gasteiger partial charge in [0.25, 0.3) is 0 Å². The van der Waals surface area contributed by atoms with Gasteiger partial charge in [-0.15, -0.1) is 0 Å². The van der Waals surface area contributed by atoms with Gasteiger partial charge in [-0.25, -0.2) is 9.97 Å². The molecule has 4 aromatic rings. The third kappa shape index (κ3) is 4.79. The third-order valence-corrected chi connectivity index (χ3v) is 6.01. The van der Waals surface area contributed by atoms with Gasteiger partial charge in [0.2, 0.25) is 0 Å². The lowest BCUT2D eigenvalue weighted by Gasteiger charge is -2.15. The minimum atomic E-state index is -5.78. The molecule has 0 saturated carbocycles. The number of aromatic nitrogens is 2. The number of benzene rings is 3. The topological polar surface area (TPSA) is 69.2 Å². The zero-order chi connectivity index (χ0) is 24.5. The zero-order valence-electron chi connectivity index (χ0n) is 18.2. The lowest BCUT2D eigenvalue weighted by atomic mass is 10.0. The predicted molar refractivity (Wildman–Crippen MR) is 123 cm³/mol. The maximum atomic E-state index is 12.8. The highest BCUT2D eigenvalue weighted by molar-refractivity contribution is 7.88. The number of rotatable bonds is 5. The van der Waals surface area contributed by atoms with Crippen molar-refractivity contribution in [2.75, 3.05) is 0 Å². The summed E-state index contributed by atoms with van der Waals surface area (Å²) in [6.07, 6.45) is 0. The van der Waals surface area contributed by atoms with Gasteiger partial charge in [0, 0.05) is 16.7 Å². The van der Waals surface area contributed by atoms with E-state index in [1.807, 2.05) is 60.7 Å². The third-order valence-electron chi connectivity index (χ3n) is 5.06. The molecule has 0 radical (unpaired) electrons. The summed E-state index contributed by atoms with van der Waals surface area (Å²) in [5, 5.41) is 0. The largest absolute Gasteiger partial charge is 0.534 e. The highest BCUT2D eigenvalue weighted by atomic mass is 32.2. The van der Waals surface area contributed by atoms with Crippen LogP contribution in [0.25, 0.3) is 33.9 Å². The van der Waals surface area contributed by atoms with E-state index in [2.05, 4.69) is 9.17 Å². The van der Waals surface area contributed by atoms with Crippen molar-refractivity contribution in [2.24, 2.45) is 0 Å². The maximum absolute atomic E-state index is 12.8. The molecule has 0 saturated heterocycles. The van der Waals surface area contributed by atoms with E-state index in [0.717, 1.165) is 11.1 Å². The van der Waals surface area contributed by atoms with Crippen molar-refractivity contribution in [1.29, 1.82) is 0 Å². The molecule has 1 aromatic heterocycles. The van der Waals surface area contributed by atoms with Crippen molar-refractivity contribution in [2.45, 2.75) is 19.4 Å². The Morgan fingerprint density at radius 2 is 1.18 bits per heavy atom. The van der Waals surface area contributed by atoms with Crippen molar-refractivity contribution < 1.29 is 25.8 Å². The lowest BCUT2D eigenvalue weighted by molar-refractivity contribution is -0.0500. The molecular formula is C25H19F3N2O3S. The predicted octanol–water partition coefficient (Wildman–Crippen LogP) is 6.32. The molecule has 0 atom stereocenters. The first-order valence-electron chi connectivity index (χ1n) is 10.2. The van der Waals surface area contributed by atoms with Gasteiger partial charge in [-0.3, -0.25) is 0 Å². The fourth-order valence-electron chi connectivity index (χ4n) is 3.45. The van der Waals surface area contributed by atoms with Gasteiger partial charge in [0.1, 0.15) is 5.75 Å². The number of halogens is 3. The molecule has 5 nitrogen and oxygen atoms in total. The van der Waals surface area contributed by atoms with E-state index in [1.165, 1.54) is 13.8 Å². The van der Waals surface area contributed by atoms with Gasteiger partial charge in [0.15, 0.2) is 5.82 Å². The minimum absolute atomic E-state index is 0.226. The Labute approximate surface area is 195 Å². The van der Waals surface area contributed by atoms with Gasteiger partial charge in [0.05, 0.1) is 11.4 Å². The molecule has 34 heavy (non-hydrogen) atoms. The van der Waals surface area contributed by atoms with E-state index in [1.54, 1.807) is 18.2 Å². The Morgan fingerprint density at radius 3 is 1.68 bits per heavy atom. The molecule has 0 aliphatic carbocycles. The van der Waals surface area contributed by atoms with Crippen LogP contribution >= 0.6 is 0 Å². The highest BCUT2D eigenvalue weighted by Crippen LogP contribution is 2.35. The number of aryl methyl sites for hydroxylation is 2. The van der Waals surface area contributed by atoms with E-state index >= 15 is 0 Å². The molecule has 3 aromatic carbocycles. The molecule has 1 heterocycles. The molecule has 0 N–H and O–H groups in total. The summed E-state index contributed by atoms with van der Waals surface area (Å²) in [5.74, 6) is 0.119. The lowest BCUT2D eigenvalue weighted by Crippen LogP contribution is -2.28. The van der Waals surface area contributed by atoms with Crippen LogP contribution in [0.3, 0.4) is 0 Å².